The Balaban J connectivity index is 2.62. The van der Waals surface area contributed by atoms with Crippen LogP contribution in [0.15, 0.2) is 24.3 Å². The summed E-state index contributed by atoms with van der Waals surface area (Å²) >= 11 is 0. The summed E-state index contributed by atoms with van der Waals surface area (Å²) in [5.41, 5.74) is -0.982. The number of aliphatic hydroxyl groups excluding tert-OH is 2. The molecular formula is C12H15F3N2O4. The first-order valence-electron chi connectivity index (χ1n) is 5.84. The fraction of sp³-hybridized carbons (Fsp3) is 0.417. The molecule has 2 amide bonds. The van der Waals surface area contributed by atoms with Crippen molar-refractivity contribution in [3.8, 4) is 5.75 Å². The lowest BCUT2D eigenvalue weighted by Crippen LogP contribution is -2.53. The Labute approximate surface area is 118 Å². The second kappa shape index (κ2) is 6.64. The number of ether oxygens (including phenoxy) is 1. The highest BCUT2D eigenvalue weighted by molar-refractivity contribution is 5.89. The average molecular weight is 308 g/mol. The molecule has 0 aliphatic carbocycles. The molecule has 0 bridgehead atoms. The number of hydrogen-bond acceptors (Lipinski definition) is 4. The van der Waals surface area contributed by atoms with Crippen LogP contribution in [-0.2, 0) is 0 Å². The number of halogens is 3. The van der Waals surface area contributed by atoms with Gasteiger partial charge in [0.2, 0.25) is 0 Å². The van der Waals surface area contributed by atoms with Gasteiger partial charge in [0.05, 0.1) is 18.8 Å². The van der Waals surface area contributed by atoms with E-state index in [0.29, 0.717) is 0 Å². The second-order valence-electron chi connectivity index (χ2n) is 4.53. The second-order valence-corrected chi connectivity index (χ2v) is 4.53. The maximum Gasteiger partial charge on any atom is 0.573 e. The number of amides is 2. The lowest BCUT2D eigenvalue weighted by molar-refractivity contribution is -0.274. The van der Waals surface area contributed by atoms with E-state index in [-0.39, 0.29) is 5.69 Å². The molecule has 0 heterocycles. The number of hydrogen-bond donors (Lipinski definition) is 4. The molecule has 0 radical (unpaired) electrons. The van der Waals surface area contributed by atoms with E-state index in [1.807, 2.05) is 0 Å². The minimum atomic E-state index is -4.78. The quantitative estimate of drug-likeness (QED) is 0.662. The average Bonchev–Trinajstić information content (AvgIpc) is 2.39. The summed E-state index contributed by atoms with van der Waals surface area (Å²) in [5.74, 6) is -0.413. The Morgan fingerprint density at radius 2 is 1.71 bits per heavy atom. The first kappa shape index (κ1) is 17.1. The number of rotatable bonds is 5. The fourth-order valence-electron chi connectivity index (χ4n) is 1.31. The Kier molecular flexibility index (Phi) is 5.39. The normalized spacial score (nSPS) is 11.9. The van der Waals surface area contributed by atoms with Crippen molar-refractivity contribution >= 4 is 11.7 Å². The van der Waals surface area contributed by atoms with Crippen LogP contribution in [0.5, 0.6) is 5.75 Å². The molecule has 9 heteroatoms. The van der Waals surface area contributed by atoms with Gasteiger partial charge in [-0.2, -0.15) is 0 Å². The molecule has 21 heavy (non-hydrogen) atoms. The fourth-order valence-corrected chi connectivity index (χ4v) is 1.31. The van der Waals surface area contributed by atoms with Crippen LogP contribution in [0.4, 0.5) is 23.7 Å². The number of benzene rings is 1. The van der Waals surface area contributed by atoms with Crippen molar-refractivity contribution in [2.24, 2.45) is 0 Å². The van der Waals surface area contributed by atoms with Crippen molar-refractivity contribution in [1.82, 2.24) is 5.32 Å². The molecule has 0 atom stereocenters. The van der Waals surface area contributed by atoms with Crippen LogP contribution in [-0.4, -0.2) is 41.4 Å². The molecule has 0 saturated carbocycles. The lowest BCUT2D eigenvalue weighted by Gasteiger charge is -2.26. The van der Waals surface area contributed by atoms with E-state index in [4.69, 9.17) is 10.2 Å². The van der Waals surface area contributed by atoms with E-state index in [1.165, 1.54) is 19.1 Å². The monoisotopic (exact) mass is 308 g/mol. The Bertz CT molecular complexity index is 472. The number of aliphatic hydroxyl groups is 2. The standard InChI is InChI=1S/C12H15F3N2O4/c1-11(6-18,7-19)17-10(20)16-8-2-4-9(5-3-8)21-12(13,14)15/h2-5,18-19H,6-7H2,1H3,(H2,16,17,20). The zero-order valence-electron chi connectivity index (χ0n) is 11.1. The number of urea groups is 1. The molecule has 1 rings (SSSR count). The van der Waals surface area contributed by atoms with E-state index in [0.717, 1.165) is 12.1 Å². The predicted molar refractivity (Wildman–Crippen MR) is 67.9 cm³/mol. The van der Waals surface area contributed by atoms with Crippen molar-refractivity contribution < 1.29 is 32.9 Å². The molecule has 0 spiro atoms. The van der Waals surface area contributed by atoms with Gasteiger partial charge in [-0.15, -0.1) is 13.2 Å². The van der Waals surface area contributed by atoms with Crippen molar-refractivity contribution in [2.75, 3.05) is 18.5 Å². The summed E-state index contributed by atoms with van der Waals surface area (Å²) in [7, 11) is 0. The van der Waals surface area contributed by atoms with Gasteiger partial charge in [0, 0.05) is 5.69 Å². The van der Waals surface area contributed by atoms with Crippen LogP contribution in [0.1, 0.15) is 6.92 Å². The van der Waals surface area contributed by atoms with Gasteiger partial charge in [0.15, 0.2) is 0 Å². The van der Waals surface area contributed by atoms with Gasteiger partial charge in [-0.25, -0.2) is 4.79 Å². The molecular weight excluding hydrogens is 293 g/mol. The zero-order valence-corrected chi connectivity index (χ0v) is 11.1. The third-order valence-electron chi connectivity index (χ3n) is 2.46. The highest BCUT2D eigenvalue weighted by atomic mass is 19.4. The van der Waals surface area contributed by atoms with E-state index >= 15 is 0 Å². The molecule has 4 N–H and O–H groups in total. The van der Waals surface area contributed by atoms with Crippen molar-refractivity contribution in [3.63, 3.8) is 0 Å². The third kappa shape index (κ3) is 5.88. The number of carbonyl (C=O) groups excluding carboxylic acids is 1. The summed E-state index contributed by atoms with van der Waals surface area (Å²) in [4.78, 5) is 11.6. The maximum absolute atomic E-state index is 12.0. The maximum atomic E-state index is 12.0. The third-order valence-corrected chi connectivity index (χ3v) is 2.46. The van der Waals surface area contributed by atoms with Crippen LogP contribution >= 0.6 is 0 Å². The molecule has 0 saturated heterocycles. The molecule has 0 aliphatic rings. The van der Waals surface area contributed by atoms with Crippen molar-refractivity contribution in [3.05, 3.63) is 24.3 Å². The van der Waals surface area contributed by atoms with Crippen LogP contribution in [0.3, 0.4) is 0 Å². The van der Waals surface area contributed by atoms with Gasteiger partial charge in [-0.05, 0) is 31.2 Å². The lowest BCUT2D eigenvalue weighted by atomic mass is 10.1. The number of nitrogens with one attached hydrogen (secondary N) is 2. The SMILES string of the molecule is CC(CO)(CO)NC(=O)Nc1ccc(OC(F)(F)F)cc1. The molecule has 118 valence electrons. The topological polar surface area (TPSA) is 90.8 Å². The molecule has 6 nitrogen and oxygen atoms in total. The summed E-state index contributed by atoms with van der Waals surface area (Å²) in [6.07, 6.45) is -4.78. The highest BCUT2D eigenvalue weighted by Gasteiger charge is 2.31. The zero-order chi connectivity index (χ0) is 16.1. The molecule has 1 aromatic rings. The van der Waals surface area contributed by atoms with E-state index < -0.39 is 36.9 Å². The Morgan fingerprint density at radius 1 is 1.19 bits per heavy atom. The molecule has 1 aromatic carbocycles. The molecule has 0 aliphatic heterocycles. The Hall–Kier alpha value is -2.00. The number of carbonyl (C=O) groups is 1. The Morgan fingerprint density at radius 3 is 2.14 bits per heavy atom. The summed E-state index contributed by atoms with van der Waals surface area (Å²) < 4.78 is 39.6. The molecule has 0 aromatic heterocycles. The van der Waals surface area contributed by atoms with Crippen LogP contribution in [0.25, 0.3) is 0 Å². The van der Waals surface area contributed by atoms with E-state index in [1.54, 1.807) is 0 Å². The molecule has 0 fully saturated rings. The summed E-state index contributed by atoms with van der Waals surface area (Å²) in [6, 6.07) is 3.80. The van der Waals surface area contributed by atoms with Crippen molar-refractivity contribution in [2.45, 2.75) is 18.8 Å². The minimum Gasteiger partial charge on any atom is -0.406 e. The van der Waals surface area contributed by atoms with Crippen LogP contribution in [0, 0.1) is 0 Å². The van der Waals surface area contributed by atoms with Gasteiger partial charge in [0.25, 0.3) is 0 Å². The van der Waals surface area contributed by atoms with E-state index in [9.17, 15) is 18.0 Å². The first-order chi connectivity index (χ1) is 9.67. The number of anilines is 1. The first-order valence-corrected chi connectivity index (χ1v) is 5.84. The molecule has 0 unspecified atom stereocenters. The van der Waals surface area contributed by atoms with Gasteiger partial charge in [0.1, 0.15) is 5.75 Å². The van der Waals surface area contributed by atoms with Crippen LogP contribution in [0.2, 0.25) is 0 Å². The predicted octanol–water partition coefficient (Wildman–Crippen LogP) is 1.45. The van der Waals surface area contributed by atoms with Gasteiger partial charge >= 0.3 is 12.4 Å². The smallest absolute Gasteiger partial charge is 0.406 e. The van der Waals surface area contributed by atoms with Crippen LogP contribution < -0.4 is 15.4 Å². The number of alkyl halides is 3. The summed E-state index contributed by atoms with van der Waals surface area (Å²) in [5, 5.41) is 22.7. The highest BCUT2D eigenvalue weighted by Crippen LogP contribution is 2.23. The summed E-state index contributed by atoms with van der Waals surface area (Å²) in [6.45, 7) is 0.470. The van der Waals surface area contributed by atoms with Gasteiger partial charge < -0.3 is 25.6 Å². The van der Waals surface area contributed by atoms with E-state index in [2.05, 4.69) is 15.4 Å². The van der Waals surface area contributed by atoms with Gasteiger partial charge in [-0.3, -0.25) is 0 Å². The van der Waals surface area contributed by atoms with Crippen molar-refractivity contribution in [1.29, 1.82) is 0 Å². The largest absolute Gasteiger partial charge is 0.573 e. The minimum absolute atomic E-state index is 0.222. The van der Waals surface area contributed by atoms with Gasteiger partial charge in [-0.1, -0.05) is 0 Å².